The Balaban J connectivity index is 2.69. The van der Waals surface area contributed by atoms with Crippen molar-refractivity contribution in [3.63, 3.8) is 0 Å². The molecule has 0 saturated carbocycles. The van der Waals surface area contributed by atoms with Gasteiger partial charge in [-0.3, -0.25) is 0 Å². The molecule has 1 nitrogen and oxygen atoms in total. The molecule has 0 spiro atoms. The van der Waals surface area contributed by atoms with Gasteiger partial charge in [0, 0.05) is 12.5 Å². The Morgan fingerprint density at radius 2 is 2.43 bits per heavy atom. The molecule has 1 unspecified atom stereocenters. The van der Waals surface area contributed by atoms with E-state index >= 15 is 0 Å². The third-order valence-corrected chi connectivity index (χ3v) is 3.45. The highest BCUT2D eigenvalue weighted by Gasteiger charge is 2.09. The molecule has 76 valence electrons. The van der Waals surface area contributed by atoms with E-state index in [1.807, 2.05) is 6.92 Å². The van der Waals surface area contributed by atoms with E-state index in [1.54, 1.807) is 11.3 Å². The Morgan fingerprint density at radius 1 is 1.64 bits per heavy atom. The van der Waals surface area contributed by atoms with Crippen molar-refractivity contribution in [3.8, 4) is 11.8 Å². The Hall–Kier alpha value is -0.300. The van der Waals surface area contributed by atoms with Crippen molar-refractivity contribution >= 4 is 27.3 Å². The van der Waals surface area contributed by atoms with Gasteiger partial charge in [-0.25, -0.2) is 0 Å². The van der Waals surface area contributed by atoms with Crippen molar-refractivity contribution < 1.29 is 0 Å². The second-order valence-corrected chi connectivity index (χ2v) is 5.22. The molecule has 1 heterocycles. The van der Waals surface area contributed by atoms with Gasteiger partial charge in [0.05, 0.1) is 3.79 Å². The number of hydrogen-bond donors (Lipinski definition) is 1. The first-order chi connectivity index (χ1) is 6.77. The van der Waals surface area contributed by atoms with E-state index in [-0.39, 0.29) is 0 Å². The van der Waals surface area contributed by atoms with Crippen molar-refractivity contribution in [3.05, 3.63) is 20.8 Å². The van der Waals surface area contributed by atoms with E-state index in [0.717, 1.165) is 13.0 Å². The molecular weight excluding hydrogens is 258 g/mol. The SMILES string of the molecule is CC#CCC(NCC)c1csc(Br)c1. The van der Waals surface area contributed by atoms with E-state index in [2.05, 4.69) is 51.5 Å². The Bertz CT molecular complexity index is 335. The van der Waals surface area contributed by atoms with Crippen LogP contribution in [0.4, 0.5) is 0 Å². The summed E-state index contributed by atoms with van der Waals surface area (Å²) in [6.07, 6.45) is 0.882. The van der Waals surface area contributed by atoms with Crippen LogP contribution in [0.2, 0.25) is 0 Å². The largest absolute Gasteiger partial charge is 0.309 e. The van der Waals surface area contributed by atoms with Gasteiger partial charge in [0.15, 0.2) is 0 Å². The van der Waals surface area contributed by atoms with E-state index in [1.165, 1.54) is 9.35 Å². The van der Waals surface area contributed by atoms with E-state index in [9.17, 15) is 0 Å². The van der Waals surface area contributed by atoms with Crippen LogP contribution < -0.4 is 5.32 Å². The molecular formula is C11H14BrNS. The molecule has 1 N–H and O–H groups in total. The summed E-state index contributed by atoms with van der Waals surface area (Å²) < 4.78 is 1.18. The Morgan fingerprint density at radius 3 is 2.93 bits per heavy atom. The molecule has 1 aromatic rings. The molecule has 0 aliphatic heterocycles. The van der Waals surface area contributed by atoms with E-state index in [4.69, 9.17) is 0 Å². The topological polar surface area (TPSA) is 12.0 Å². The van der Waals surface area contributed by atoms with Crippen LogP contribution in [0.5, 0.6) is 0 Å². The van der Waals surface area contributed by atoms with Gasteiger partial charge < -0.3 is 5.32 Å². The molecule has 0 amide bonds. The molecule has 3 heteroatoms. The summed E-state index contributed by atoms with van der Waals surface area (Å²) in [5, 5.41) is 5.61. The first-order valence-corrected chi connectivity index (χ1v) is 6.32. The maximum Gasteiger partial charge on any atom is 0.0701 e. The molecule has 0 aromatic carbocycles. The lowest BCUT2D eigenvalue weighted by Crippen LogP contribution is -2.19. The van der Waals surface area contributed by atoms with Gasteiger partial charge in [-0.1, -0.05) is 6.92 Å². The zero-order chi connectivity index (χ0) is 10.4. The van der Waals surface area contributed by atoms with Gasteiger partial charge in [0.25, 0.3) is 0 Å². The summed E-state index contributed by atoms with van der Waals surface area (Å²) in [5.41, 5.74) is 1.33. The molecule has 0 saturated heterocycles. The fourth-order valence-corrected chi connectivity index (χ4v) is 2.49. The highest BCUT2D eigenvalue weighted by Crippen LogP contribution is 2.26. The van der Waals surface area contributed by atoms with Crippen molar-refractivity contribution in [2.24, 2.45) is 0 Å². The van der Waals surface area contributed by atoms with Crippen LogP contribution in [0.25, 0.3) is 0 Å². The average molecular weight is 272 g/mol. The van der Waals surface area contributed by atoms with Gasteiger partial charge in [-0.15, -0.1) is 23.2 Å². The zero-order valence-electron chi connectivity index (χ0n) is 8.43. The summed E-state index contributed by atoms with van der Waals surface area (Å²) in [6.45, 7) is 4.98. The van der Waals surface area contributed by atoms with Gasteiger partial charge in [-0.2, -0.15) is 0 Å². The smallest absolute Gasteiger partial charge is 0.0701 e. The summed E-state index contributed by atoms with van der Waals surface area (Å²) in [6, 6.07) is 2.53. The van der Waals surface area contributed by atoms with Crippen molar-refractivity contribution in [1.82, 2.24) is 5.32 Å². The fourth-order valence-electron chi connectivity index (χ4n) is 1.26. The molecule has 0 bridgehead atoms. The lowest BCUT2D eigenvalue weighted by Gasteiger charge is -2.13. The third-order valence-electron chi connectivity index (χ3n) is 1.92. The van der Waals surface area contributed by atoms with Crippen molar-refractivity contribution in [1.29, 1.82) is 0 Å². The van der Waals surface area contributed by atoms with Gasteiger partial charge in [0.1, 0.15) is 0 Å². The van der Waals surface area contributed by atoms with Crippen LogP contribution in [0.3, 0.4) is 0 Å². The number of thiophene rings is 1. The molecule has 14 heavy (non-hydrogen) atoms. The van der Waals surface area contributed by atoms with Crippen LogP contribution in [0, 0.1) is 11.8 Å². The highest BCUT2D eigenvalue weighted by atomic mass is 79.9. The normalized spacial score (nSPS) is 11.9. The summed E-state index contributed by atoms with van der Waals surface area (Å²) >= 11 is 5.19. The number of halogens is 1. The second-order valence-electron chi connectivity index (χ2n) is 2.93. The minimum atomic E-state index is 0.370. The summed E-state index contributed by atoms with van der Waals surface area (Å²) in [7, 11) is 0. The lowest BCUT2D eigenvalue weighted by atomic mass is 10.1. The standard InChI is InChI=1S/C11H14BrNS/c1-3-5-6-10(13-4-2)9-7-11(12)14-8-9/h7-8,10,13H,4,6H2,1-2H3. The molecule has 0 aliphatic rings. The van der Waals surface area contributed by atoms with Gasteiger partial charge in [-0.05, 0) is 46.4 Å². The predicted molar refractivity (Wildman–Crippen MR) is 66.5 cm³/mol. The lowest BCUT2D eigenvalue weighted by molar-refractivity contribution is 0.566. The van der Waals surface area contributed by atoms with Gasteiger partial charge >= 0.3 is 0 Å². The molecule has 1 atom stereocenters. The number of rotatable bonds is 4. The second kappa shape index (κ2) is 6.23. The Labute approximate surface area is 98.0 Å². The predicted octanol–water partition coefficient (Wildman–Crippen LogP) is 3.57. The molecule has 0 aliphatic carbocycles. The first kappa shape index (κ1) is 11.8. The van der Waals surface area contributed by atoms with Crippen molar-refractivity contribution in [2.45, 2.75) is 26.3 Å². The molecule has 1 aromatic heterocycles. The highest BCUT2D eigenvalue weighted by molar-refractivity contribution is 9.11. The Kier molecular flexibility index (Phi) is 5.24. The van der Waals surface area contributed by atoms with Crippen LogP contribution in [-0.2, 0) is 0 Å². The van der Waals surface area contributed by atoms with Crippen LogP contribution >= 0.6 is 27.3 Å². The maximum absolute atomic E-state index is 3.47. The zero-order valence-corrected chi connectivity index (χ0v) is 10.8. The maximum atomic E-state index is 3.47. The quantitative estimate of drug-likeness (QED) is 0.826. The van der Waals surface area contributed by atoms with Crippen molar-refractivity contribution in [2.75, 3.05) is 6.54 Å². The fraction of sp³-hybridized carbons (Fsp3) is 0.455. The van der Waals surface area contributed by atoms with Crippen LogP contribution in [0.15, 0.2) is 15.2 Å². The summed E-state index contributed by atoms with van der Waals surface area (Å²) in [4.78, 5) is 0. The minimum absolute atomic E-state index is 0.370. The molecule has 1 rings (SSSR count). The number of hydrogen-bond acceptors (Lipinski definition) is 2. The van der Waals surface area contributed by atoms with E-state index < -0.39 is 0 Å². The first-order valence-electron chi connectivity index (χ1n) is 4.64. The third kappa shape index (κ3) is 3.45. The van der Waals surface area contributed by atoms with Gasteiger partial charge in [0.2, 0.25) is 0 Å². The number of nitrogens with one attached hydrogen (secondary N) is 1. The molecule has 0 radical (unpaired) electrons. The average Bonchev–Trinajstić information content (AvgIpc) is 2.59. The summed E-state index contributed by atoms with van der Waals surface area (Å²) in [5.74, 6) is 6.05. The van der Waals surface area contributed by atoms with Crippen LogP contribution in [0.1, 0.15) is 31.9 Å². The minimum Gasteiger partial charge on any atom is -0.309 e. The monoisotopic (exact) mass is 271 g/mol. The van der Waals surface area contributed by atoms with E-state index in [0.29, 0.717) is 6.04 Å². The molecule has 0 fully saturated rings. The van der Waals surface area contributed by atoms with Crippen LogP contribution in [-0.4, -0.2) is 6.54 Å².